The molecular weight excluding hydrogens is 188 g/mol. The lowest BCUT2D eigenvalue weighted by molar-refractivity contribution is -0.257. The van der Waals surface area contributed by atoms with E-state index in [1.54, 1.807) is 0 Å². The SMILES string of the molecule is O=C([O-])c1ccc(Br)o1. The zero-order chi connectivity index (χ0) is 6.85. The number of hydrogen-bond acceptors (Lipinski definition) is 3. The number of carbonyl (C=O) groups excluding carboxylic acids is 1. The lowest BCUT2D eigenvalue weighted by Gasteiger charge is -1.91. The average Bonchev–Trinajstić information content (AvgIpc) is 2.14. The first kappa shape index (κ1) is 6.35. The van der Waals surface area contributed by atoms with Crippen LogP contribution in [0.1, 0.15) is 10.6 Å². The van der Waals surface area contributed by atoms with Crippen molar-refractivity contribution in [2.75, 3.05) is 0 Å². The summed E-state index contributed by atoms with van der Waals surface area (Å²) < 4.78 is 4.99. The Bertz CT molecular complexity index is 228. The van der Waals surface area contributed by atoms with Gasteiger partial charge in [0.1, 0.15) is 5.97 Å². The van der Waals surface area contributed by atoms with Gasteiger partial charge in [0.15, 0.2) is 10.4 Å². The molecule has 0 aliphatic heterocycles. The minimum atomic E-state index is -1.30. The third-order valence-corrected chi connectivity index (χ3v) is 1.20. The predicted octanol–water partition coefficient (Wildman–Crippen LogP) is 0.406. The van der Waals surface area contributed by atoms with Gasteiger partial charge in [-0.15, -0.1) is 0 Å². The lowest BCUT2D eigenvalue weighted by Crippen LogP contribution is -2.21. The summed E-state index contributed by atoms with van der Waals surface area (Å²) in [6.45, 7) is 0. The van der Waals surface area contributed by atoms with E-state index in [2.05, 4.69) is 20.3 Å². The second-order valence-corrected chi connectivity index (χ2v) is 2.17. The zero-order valence-electron chi connectivity index (χ0n) is 4.26. The molecule has 9 heavy (non-hydrogen) atoms. The molecule has 0 unspecified atom stereocenters. The van der Waals surface area contributed by atoms with Crippen LogP contribution in [-0.2, 0) is 0 Å². The van der Waals surface area contributed by atoms with E-state index in [1.807, 2.05) is 0 Å². The molecule has 0 aromatic carbocycles. The molecule has 1 heterocycles. The molecule has 1 rings (SSSR count). The van der Waals surface area contributed by atoms with Gasteiger partial charge in [0.05, 0.1) is 0 Å². The lowest BCUT2D eigenvalue weighted by atomic mass is 10.5. The van der Waals surface area contributed by atoms with Gasteiger partial charge < -0.3 is 14.3 Å². The Labute approximate surface area is 59.4 Å². The van der Waals surface area contributed by atoms with Crippen LogP contribution in [0.2, 0.25) is 0 Å². The molecule has 0 atom stereocenters. The zero-order valence-corrected chi connectivity index (χ0v) is 5.84. The first-order chi connectivity index (χ1) is 4.20. The number of carboxylic acids is 1. The van der Waals surface area contributed by atoms with Crippen molar-refractivity contribution in [2.24, 2.45) is 0 Å². The molecule has 0 amide bonds. The summed E-state index contributed by atoms with van der Waals surface area (Å²) in [5.74, 6) is -1.47. The maximum absolute atomic E-state index is 9.99. The van der Waals surface area contributed by atoms with Gasteiger partial charge >= 0.3 is 0 Å². The van der Waals surface area contributed by atoms with E-state index in [0.29, 0.717) is 4.67 Å². The van der Waals surface area contributed by atoms with Gasteiger partial charge in [0.2, 0.25) is 0 Å². The van der Waals surface area contributed by atoms with Crippen LogP contribution in [0, 0.1) is 0 Å². The molecule has 0 aliphatic rings. The summed E-state index contributed by atoms with van der Waals surface area (Å²) in [7, 11) is 0. The maximum atomic E-state index is 9.99. The van der Waals surface area contributed by atoms with Crippen molar-refractivity contribution in [3.8, 4) is 0 Å². The number of carboxylic acid groups (broad SMARTS) is 1. The first-order valence-corrected chi connectivity index (χ1v) is 2.96. The molecule has 1 aromatic rings. The summed E-state index contributed by atoms with van der Waals surface area (Å²) >= 11 is 2.94. The fraction of sp³-hybridized carbons (Fsp3) is 0. The highest BCUT2D eigenvalue weighted by atomic mass is 79.9. The quantitative estimate of drug-likeness (QED) is 0.644. The van der Waals surface area contributed by atoms with Crippen molar-refractivity contribution in [1.29, 1.82) is 0 Å². The minimum Gasteiger partial charge on any atom is -0.542 e. The summed E-state index contributed by atoms with van der Waals surface area (Å²) in [5.41, 5.74) is 0. The van der Waals surface area contributed by atoms with Crippen molar-refractivity contribution >= 4 is 21.9 Å². The van der Waals surface area contributed by atoms with Gasteiger partial charge in [0, 0.05) is 0 Å². The molecule has 3 nitrogen and oxygen atoms in total. The van der Waals surface area contributed by atoms with Crippen molar-refractivity contribution in [3.05, 3.63) is 22.6 Å². The Balaban J connectivity index is 2.98. The van der Waals surface area contributed by atoms with Crippen LogP contribution in [0.15, 0.2) is 21.2 Å². The Kier molecular flexibility index (Phi) is 1.57. The molecule has 0 saturated heterocycles. The molecule has 4 heteroatoms. The average molecular weight is 190 g/mol. The fourth-order valence-corrected chi connectivity index (χ4v) is 0.731. The Morgan fingerprint density at radius 1 is 1.67 bits per heavy atom. The van der Waals surface area contributed by atoms with E-state index in [0.717, 1.165) is 0 Å². The third kappa shape index (κ3) is 1.32. The number of carbonyl (C=O) groups is 1. The first-order valence-electron chi connectivity index (χ1n) is 2.17. The molecule has 0 fully saturated rings. The van der Waals surface area contributed by atoms with E-state index in [-0.39, 0.29) is 5.76 Å². The molecule has 1 aromatic heterocycles. The highest BCUT2D eigenvalue weighted by Crippen LogP contribution is 2.12. The fourth-order valence-electron chi connectivity index (χ4n) is 0.424. The molecule has 0 N–H and O–H groups in total. The van der Waals surface area contributed by atoms with E-state index in [4.69, 9.17) is 0 Å². The van der Waals surface area contributed by atoms with Crippen molar-refractivity contribution in [2.45, 2.75) is 0 Å². The molecule has 0 saturated carbocycles. The molecule has 0 bridgehead atoms. The number of rotatable bonds is 1. The van der Waals surface area contributed by atoms with Crippen molar-refractivity contribution < 1.29 is 14.3 Å². The molecule has 0 aliphatic carbocycles. The Hall–Kier alpha value is -0.770. The van der Waals surface area contributed by atoms with Crippen LogP contribution in [0.25, 0.3) is 0 Å². The van der Waals surface area contributed by atoms with Gasteiger partial charge in [0.25, 0.3) is 0 Å². The molecule has 0 spiro atoms. The molecule has 0 radical (unpaired) electrons. The van der Waals surface area contributed by atoms with Gasteiger partial charge in [-0.25, -0.2) is 0 Å². The highest BCUT2D eigenvalue weighted by Gasteiger charge is 1.97. The van der Waals surface area contributed by atoms with E-state index >= 15 is 0 Å². The third-order valence-electron chi connectivity index (χ3n) is 0.774. The predicted molar refractivity (Wildman–Crippen MR) is 30.7 cm³/mol. The monoisotopic (exact) mass is 189 g/mol. The van der Waals surface area contributed by atoms with Crippen molar-refractivity contribution in [3.63, 3.8) is 0 Å². The largest absolute Gasteiger partial charge is 0.542 e. The Morgan fingerprint density at radius 3 is 2.56 bits per heavy atom. The van der Waals surface area contributed by atoms with Crippen LogP contribution >= 0.6 is 15.9 Å². The second kappa shape index (κ2) is 2.23. The summed E-state index contributed by atoms with van der Waals surface area (Å²) in [6.07, 6.45) is 0. The van der Waals surface area contributed by atoms with Gasteiger partial charge in [-0.3, -0.25) is 0 Å². The van der Waals surface area contributed by atoms with E-state index < -0.39 is 5.97 Å². The van der Waals surface area contributed by atoms with Crippen LogP contribution in [0.3, 0.4) is 0 Å². The van der Waals surface area contributed by atoms with Crippen LogP contribution < -0.4 is 5.11 Å². The maximum Gasteiger partial charge on any atom is 0.169 e. The van der Waals surface area contributed by atoms with Gasteiger partial charge in [-0.1, -0.05) is 0 Å². The van der Waals surface area contributed by atoms with Gasteiger partial charge in [-0.05, 0) is 28.1 Å². The number of hydrogen-bond donors (Lipinski definition) is 0. The Morgan fingerprint density at radius 2 is 2.33 bits per heavy atom. The summed E-state index contributed by atoms with van der Waals surface area (Å²) in [4.78, 5) is 9.99. The minimum absolute atomic E-state index is 0.165. The number of furan rings is 1. The van der Waals surface area contributed by atoms with Crippen LogP contribution in [0.5, 0.6) is 0 Å². The highest BCUT2D eigenvalue weighted by molar-refractivity contribution is 9.10. The topological polar surface area (TPSA) is 53.3 Å². The van der Waals surface area contributed by atoms with Crippen LogP contribution in [-0.4, -0.2) is 5.97 Å². The standard InChI is InChI=1S/C5H3BrO3/c6-4-2-1-3(9-4)5(7)8/h1-2H,(H,7,8)/p-1. The van der Waals surface area contributed by atoms with Crippen molar-refractivity contribution in [1.82, 2.24) is 0 Å². The summed E-state index contributed by atoms with van der Waals surface area (Å²) in [5, 5.41) is 9.99. The van der Waals surface area contributed by atoms with Gasteiger partial charge in [-0.2, -0.15) is 0 Å². The van der Waals surface area contributed by atoms with E-state index in [9.17, 15) is 9.90 Å². The normalized spacial score (nSPS) is 9.44. The van der Waals surface area contributed by atoms with E-state index in [1.165, 1.54) is 12.1 Å². The number of halogens is 1. The number of aromatic carboxylic acids is 1. The van der Waals surface area contributed by atoms with Crippen LogP contribution in [0.4, 0.5) is 0 Å². The molecular formula is C5H2BrO3-. The summed E-state index contributed by atoms with van der Waals surface area (Å²) in [6, 6.07) is 2.81. The smallest absolute Gasteiger partial charge is 0.169 e. The molecule has 48 valence electrons. The second-order valence-electron chi connectivity index (χ2n) is 1.39.